The van der Waals surface area contributed by atoms with Crippen LogP contribution < -0.4 is 11.1 Å². The van der Waals surface area contributed by atoms with Crippen molar-refractivity contribution in [3.05, 3.63) is 65.2 Å². The summed E-state index contributed by atoms with van der Waals surface area (Å²) < 4.78 is 4.57. The van der Waals surface area contributed by atoms with Crippen molar-refractivity contribution in [1.82, 2.24) is 5.32 Å². The number of phenols is 1. The Bertz CT molecular complexity index is 949. The fraction of sp³-hybridized carbons (Fsp3) is 0.375. The molecule has 0 aliphatic rings. The Labute approximate surface area is 193 Å². The third-order valence-electron chi connectivity index (χ3n) is 5.14. The van der Waals surface area contributed by atoms with Gasteiger partial charge in [0.1, 0.15) is 11.8 Å². The largest absolute Gasteiger partial charge is 0.508 e. The average Bonchev–Trinajstić information content (AvgIpc) is 2.72. The van der Waals surface area contributed by atoms with Crippen LogP contribution in [0.25, 0.3) is 0 Å². The minimum atomic E-state index is -1.24. The van der Waals surface area contributed by atoms with Crippen molar-refractivity contribution in [2.75, 3.05) is 0 Å². The van der Waals surface area contributed by atoms with Gasteiger partial charge < -0.3 is 20.9 Å². The summed E-state index contributed by atoms with van der Waals surface area (Å²) in [6.07, 6.45) is -0.627. The molecule has 8 heteroatoms. The highest BCUT2D eigenvalue weighted by atomic mass is 32.1. The van der Waals surface area contributed by atoms with Crippen LogP contribution in [0, 0.1) is 18.8 Å². The number of benzene rings is 2. The van der Waals surface area contributed by atoms with Crippen molar-refractivity contribution in [3.63, 3.8) is 0 Å². The summed E-state index contributed by atoms with van der Waals surface area (Å²) in [4.78, 5) is 37.0. The molecule has 3 atom stereocenters. The number of phenolic OH excluding ortho intramolecular Hbond substituents is 1. The first-order valence-electron chi connectivity index (χ1n) is 10.4. The molecule has 2 aromatic rings. The molecule has 2 amide bonds. The Balaban J connectivity index is 2.29. The van der Waals surface area contributed by atoms with Crippen LogP contribution >= 0.6 is 12.6 Å². The topological polar surface area (TPSA) is 119 Å². The van der Waals surface area contributed by atoms with Crippen molar-refractivity contribution in [1.29, 1.82) is 0 Å². The van der Waals surface area contributed by atoms with Gasteiger partial charge in [0.25, 0.3) is 0 Å². The number of aromatic hydroxyl groups is 1. The summed E-state index contributed by atoms with van der Waals surface area (Å²) in [6, 6.07) is 13.0. The second-order valence-corrected chi connectivity index (χ2v) is 8.76. The van der Waals surface area contributed by atoms with Crippen molar-refractivity contribution in [2.24, 2.45) is 17.6 Å². The summed E-state index contributed by atoms with van der Waals surface area (Å²) in [5, 5.41) is 12.0. The van der Waals surface area contributed by atoms with E-state index < -0.39 is 24.0 Å². The van der Waals surface area contributed by atoms with E-state index in [-0.39, 0.29) is 29.2 Å². The number of hydrogen-bond donors (Lipinski definition) is 4. The highest BCUT2D eigenvalue weighted by molar-refractivity contribution is 7.80. The lowest BCUT2D eigenvalue weighted by Crippen LogP contribution is -2.47. The molecule has 0 radical (unpaired) electrons. The molecule has 0 saturated carbocycles. The van der Waals surface area contributed by atoms with Crippen LogP contribution in [-0.4, -0.2) is 29.1 Å². The number of nitrogens with two attached hydrogens (primary N) is 1. The van der Waals surface area contributed by atoms with E-state index in [1.807, 2.05) is 44.2 Å². The number of ether oxygens (including phenoxy) is 1. The Kier molecular flexibility index (Phi) is 9.13. The van der Waals surface area contributed by atoms with Crippen molar-refractivity contribution in [3.8, 4) is 5.75 Å². The van der Waals surface area contributed by atoms with E-state index in [1.165, 1.54) is 6.07 Å². The number of carbonyl (C=O) groups excluding carboxylic acids is 3. The van der Waals surface area contributed by atoms with Crippen LogP contribution in [0.3, 0.4) is 0 Å². The molecule has 172 valence electrons. The lowest BCUT2D eigenvalue weighted by atomic mass is 9.89. The molecule has 0 heterocycles. The summed E-state index contributed by atoms with van der Waals surface area (Å²) in [5.41, 5.74) is 7.34. The SMILES string of the molecule is Cc1cc(O)ccc1C[C@H](NC(=O)C(CC(C)C)C(S)c1ccccc1)C(=O)OC(N)=O. The van der Waals surface area contributed by atoms with Gasteiger partial charge >= 0.3 is 12.1 Å². The van der Waals surface area contributed by atoms with Crippen LogP contribution in [-0.2, 0) is 20.7 Å². The Morgan fingerprint density at radius 3 is 2.34 bits per heavy atom. The minimum absolute atomic E-state index is 0.0704. The molecule has 2 aromatic carbocycles. The number of amides is 2. The Hall–Kier alpha value is -3.00. The quantitative estimate of drug-likeness (QED) is 0.260. The van der Waals surface area contributed by atoms with Gasteiger partial charge in [0.05, 0.1) is 5.92 Å². The second-order valence-electron chi connectivity index (χ2n) is 8.21. The van der Waals surface area contributed by atoms with Gasteiger partial charge in [-0.3, -0.25) is 4.79 Å². The summed E-state index contributed by atoms with van der Waals surface area (Å²) >= 11 is 4.71. The molecule has 0 bridgehead atoms. The fourth-order valence-corrected chi connectivity index (χ4v) is 3.97. The number of primary amides is 1. The number of carbonyl (C=O) groups is 3. The maximum atomic E-state index is 13.3. The molecule has 4 N–H and O–H groups in total. The normalized spacial score (nSPS) is 13.8. The third-order valence-corrected chi connectivity index (χ3v) is 5.79. The number of rotatable bonds is 9. The van der Waals surface area contributed by atoms with Gasteiger partial charge in [-0.15, -0.1) is 0 Å². The molecule has 0 saturated heterocycles. The lowest BCUT2D eigenvalue weighted by Gasteiger charge is -2.27. The van der Waals surface area contributed by atoms with E-state index >= 15 is 0 Å². The highest BCUT2D eigenvalue weighted by Gasteiger charge is 2.32. The zero-order valence-electron chi connectivity index (χ0n) is 18.4. The van der Waals surface area contributed by atoms with Crippen LogP contribution in [0.2, 0.25) is 0 Å². The van der Waals surface area contributed by atoms with Crippen molar-refractivity contribution in [2.45, 2.75) is 44.9 Å². The first-order chi connectivity index (χ1) is 15.1. The second kappa shape index (κ2) is 11.6. The molecule has 0 aliphatic heterocycles. The molecule has 0 spiro atoms. The van der Waals surface area contributed by atoms with Crippen LogP contribution in [0.15, 0.2) is 48.5 Å². The molecule has 7 nitrogen and oxygen atoms in total. The Morgan fingerprint density at radius 2 is 1.78 bits per heavy atom. The standard InChI is InChI=1S/C24H30N2O5S/c1-14(2)11-19(21(32)16-7-5-4-6-8-16)22(28)26-20(23(29)31-24(25)30)13-17-9-10-18(27)12-15(17)3/h4-10,12,14,19-21,27,32H,11,13H2,1-3H3,(H2,25,30)(H,26,28)/t19?,20-,21?/m0/s1. The van der Waals surface area contributed by atoms with Gasteiger partial charge in [-0.25, -0.2) is 9.59 Å². The molecule has 2 rings (SSSR count). The van der Waals surface area contributed by atoms with Crippen LogP contribution in [0.4, 0.5) is 4.79 Å². The highest BCUT2D eigenvalue weighted by Crippen LogP contribution is 2.33. The van der Waals surface area contributed by atoms with E-state index in [2.05, 4.69) is 10.1 Å². The van der Waals surface area contributed by atoms with E-state index in [0.29, 0.717) is 12.0 Å². The molecule has 0 fully saturated rings. The van der Waals surface area contributed by atoms with Gasteiger partial charge in [-0.05, 0) is 48.1 Å². The molecule has 0 aliphatic carbocycles. The number of aryl methyl sites for hydroxylation is 1. The van der Waals surface area contributed by atoms with Gasteiger partial charge in [0.2, 0.25) is 5.91 Å². The van der Waals surface area contributed by atoms with Crippen LogP contribution in [0.5, 0.6) is 5.75 Å². The molecule has 0 aromatic heterocycles. The molecule has 32 heavy (non-hydrogen) atoms. The Morgan fingerprint density at radius 1 is 1.12 bits per heavy atom. The molecular weight excluding hydrogens is 428 g/mol. The summed E-state index contributed by atoms with van der Waals surface area (Å²) in [7, 11) is 0. The van der Waals surface area contributed by atoms with E-state index in [9.17, 15) is 19.5 Å². The predicted octanol–water partition coefficient (Wildman–Crippen LogP) is 3.68. The first-order valence-corrected chi connectivity index (χ1v) is 10.9. The average molecular weight is 459 g/mol. The van der Waals surface area contributed by atoms with Gasteiger partial charge in [-0.2, -0.15) is 12.6 Å². The maximum Gasteiger partial charge on any atom is 0.412 e. The predicted molar refractivity (Wildman–Crippen MR) is 125 cm³/mol. The zero-order valence-corrected chi connectivity index (χ0v) is 19.3. The third kappa shape index (κ3) is 7.30. The number of esters is 1. The van der Waals surface area contributed by atoms with E-state index in [4.69, 9.17) is 18.4 Å². The van der Waals surface area contributed by atoms with E-state index in [0.717, 1.165) is 11.1 Å². The van der Waals surface area contributed by atoms with Crippen molar-refractivity contribution < 1.29 is 24.2 Å². The minimum Gasteiger partial charge on any atom is -0.508 e. The van der Waals surface area contributed by atoms with Gasteiger partial charge in [0.15, 0.2) is 0 Å². The smallest absolute Gasteiger partial charge is 0.412 e. The maximum absolute atomic E-state index is 13.3. The number of nitrogens with one attached hydrogen (secondary N) is 1. The lowest BCUT2D eigenvalue weighted by molar-refractivity contribution is -0.142. The monoisotopic (exact) mass is 458 g/mol. The van der Waals surface area contributed by atoms with Crippen LogP contribution in [0.1, 0.15) is 42.2 Å². The number of hydrogen-bond acceptors (Lipinski definition) is 6. The zero-order chi connectivity index (χ0) is 23.8. The fourth-order valence-electron chi connectivity index (χ4n) is 3.54. The summed E-state index contributed by atoms with van der Waals surface area (Å²) in [5.74, 6) is -1.54. The van der Waals surface area contributed by atoms with Crippen molar-refractivity contribution >= 4 is 30.6 Å². The summed E-state index contributed by atoms with van der Waals surface area (Å²) in [6.45, 7) is 5.78. The molecule has 2 unspecified atom stereocenters. The molecular formula is C24H30N2O5S. The van der Waals surface area contributed by atoms with E-state index in [1.54, 1.807) is 19.1 Å². The van der Waals surface area contributed by atoms with Gasteiger partial charge in [0, 0.05) is 11.7 Å². The number of thiol groups is 1. The van der Waals surface area contributed by atoms with Gasteiger partial charge in [-0.1, -0.05) is 50.2 Å². The first kappa shape index (κ1) is 25.3.